The number of cyclic esters (lactones) is 1. The highest BCUT2D eigenvalue weighted by Crippen LogP contribution is 2.30. The zero-order valence-electron chi connectivity index (χ0n) is 7.88. The van der Waals surface area contributed by atoms with E-state index in [1.54, 1.807) is 12.0 Å². The van der Waals surface area contributed by atoms with Crippen LogP contribution < -0.4 is 0 Å². The van der Waals surface area contributed by atoms with Gasteiger partial charge >= 0.3 is 5.97 Å². The quantitative estimate of drug-likeness (QED) is 0.459. The number of rotatable bonds is 0. The molecule has 0 atom stereocenters. The van der Waals surface area contributed by atoms with Crippen molar-refractivity contribution in [3.63, 3.8) is 0 Å². The average Bonchev–Trinajstić information content (AvgIpc) is 2.42. The maximum absolute atomic E-state index is 11.3. The molecular formula is C11H8O3. The first-order valence-corrected chi connectivity index (χ1v) is 4.22. The Labute approximate surface area is 81.0 Å². The fraction of sp³-hybridized carbons (Fsp3) is 0.182. The van der Waals surface area contributed by atoms with E-state index in [1.807, 2.05) is 19.9 Å². The molecule has 1 heterocycles. The van der Waals surface area contributed by atoms with Gasteiger partial charge in [-0.3, -0.25) is 0 Å². The Kier molecular flexibility index (Phi) is 1.76. The van der Waals surface area contributed by atoms with E-state index < -0.39 is 5.97 Å². The minimum Gasteiger partial charge on any atom is -0.410 e. The van der Waals surface area contributed by atoms with Crippen molar-refractivity contribution in [2.75, 3.05) is 0 Å². The second-order valence-corrected chi connectivity index (χ2v) is 3.33. The second kappa shape index (κ2) is 2.82. The van der Waals surface area contributed by atoms with Crippen LogP contribution in [0.25, 0.3) is 5.76 Å². The van der Waals surface area contributed by atoms with Gasteiger partial charge in [-0.1, -0.05) is 11.6 Å². The Morgan fingerprint density at radius 1 is 1.29 bits per heavy atom. The van der Waals surface area contributed by atoms with Gasteiger partial charge in [0.15, 0.2) is 5.94 Å². The fourth-order valence-electron chi connectivity index (χ4n) is 1.69. The number of esters is 1. The first-order chi connectivity index (χ1) is 6.63. The summed E-state index contributed by atoms with van der Waals surface area (Å²) in [6.45, 7) is 3.72. The third-order valence-corrected chi connectivity index (χ3v) is 2.22. The molecule has 1 aromatic carbocycles. The van der Waals surface area contributed by atoms with Gasteiger partial charge < -0.3 is 4.74 Å². The molecule has 0 aromatic heterocycles. The highest BCUT2D eigenvalue weighted by molar-refractivity contribution is 6.08. The molecule has 0 aliphatic carbocycles. The summed E-state index contributed by atoms with van der Waals surface area (Å²) in [6.07, 6.45) is 0. The Morgan fingerprint density at radius 2 is 2.00 bits per heavy atom. The van der Waals surface area contributed by atoms with Crippen LogP contribution in [-0.4, -0.2) is 11.9 Å². The van der Waals surface area contributed by atoms with Gasteiger partial charge in [0.2, 0.25) is 5.76 Å². The molecule has 0 radical (unpaired) electrons. The molecule has 3 heteroatoms. The van der Waals surface area contributed by atoms with Crippen LogP contribution in [0.15, 0.2) is 12.1 Å². The lowest BCUT2D eigenvalue weighted by atomic mass is 10.00. The summed E-state index contributed by atoms with van der Waals surface area (Å²) in [5, 5.41) is 0. The van der Waals surface area contributed by atoms with Crippen LogP contribution in [0, 0.1) is 13.8 Å². The van der Waals surface area contributed by atoms with E-state index in [0.717, 1.165) is 11.1 Å². The van der Waals surface area contributed by atoms with Gasteiger partial charge in [0, 0.05) is 5.56 Å². The topological polar surface area (TPSA) is 43.4 Å². The van der Waals surface area contributed by atoms with Crippen LogP contribution in [0.4, 0.5) is 0 Å². The van der Waals surface area contributed by atoms with E-state index >= 15 is 0 Å². The first kappa shape index (κ1) is 8.73. The summed E-state index contributed by atoms with van der Waals surface area (Å²) in [7, 11) is 0. The SMILES string of the molecule is Cc1cc(C)c2c(c1)C(=C=O)OC2=O. The molecule has 2 rings (SSSR count). The minimum atomic E-state index is -0.462. The van der Waals surface area contributed by atoms with Crippen LogP contribution >= 0.6 is 0 Å². The number of aryl methyl sites for hydroxylation is 2. The first-order valence-electron chi connectivity index (χ1n) is 4.22. The predicted octanol–water partition coefficient (Wildman–Crippen LogP) is 1.65. The maximum Gasteiger partial charge on any atom is 0.345 e. The minimum absolute atomic E-state index is 0.00296. The van der Waals surface area contributed by atoms with E-state index in [9.17, 15) is 9.59 Å². The average molecular weight is 188 g/mol. The largest absolute Gasteiger partial charge is 0.410 e. The lowest BCUT2D eigenvalue weighted by Gasteiger charge is -2.00. The molecule has 70 valence electrons. The number of carbonyl (C=O) groups is 1. The molecule has 0 spiro atoms. The van der Waals surface area contributed by atoms with Crippen molar-refractivity contribution in [1.82, 2.24) is 0 Å². The van der Waals surface area contributed by atoms with E-state index in [0.29, 0.717) is 11.1 Å². The molecule has 0 fully saturated rings. The number of hydrogen-bond acceptors (Lipinski definition) is 3. The second-order valence-electron chi connectivity index (χ2n) is 3.33. The fourth-order valence-corrected chi connectivity index (χ4v) is 1.69. The van der Waals surface area contributed by atoms with Crippen molar-refractivity contribution in [2.45, 2.75) is 13.8 Å². The summed E-state index contributed by atoms with van der Waals surface area (Å²) >= 11 is 0. The van der Waals surface area contributed by atoms with Gasteiger partial charge in [-0.05, 0) is 25.5 Å². The smallest absolute Gasteiger partial charge is 0.345 e. The van der Waals surface area contributed by atoms with E-state index in [1.165, 1.54) is 0 Å². The Balaban J connectivity index is 2.81. The number of hydrogen-bond donors (Lipinski definition) is 0. The molecule has 0 bridgehead atoms. The number of benzene rings is 1. The maximum atomic E-state index is 11.3. The molecule has 1 aliphatic rings. The van der Waals surface area contributed by atoms with Crippen LogP contribution in [0.3, 0.4) is 0 Å². The highest BCUT2D eigenvalue weighted by Gasteiger charge is 2.29. The zero-order chi connectivity index (χ0) is 10.3. The number of carbonyl (C=O) groups excluding carboxylic acids is 2. The van der Waals surface area contributed by atoms with Crippen LogP contribution in [0.1, 0.15) is 27.0 Å². The molecule has 0 saturated carbocycles. The van der Waals surface area contributed by atoms with Crippen molar-refractivity contribution in [2.24, 2.45) is 0 Å². The molecule has 1 aromatic rings. The molecule has 14 heavy (non-hydrogen) atoms. The Hall–Kier alpha value is -1.86. The van der Waals surface area contributed by atoms with Crippen molar-refractivity contribution in [1.29, 1.82) is 0 Å². The number of ether oxygens (including phenoxy) is 1. The summed E-state index contributed by atoms with van der Waals surface area (Å²) < 4.78 is 4.77. The molecule has 0 saturated heterocycles. The van der Waals surface area contributed by atoms with Gasteiger partial charge in [-0.15, -0.1) is 0 Å². The summed E-state index contributed by atoms with van der Waals surface area (Å²) in [4.78, 5) is 21.8. The van der Waals surface area contributed by atoms with Gasteiger partial charge in [-0.2, -0.15) is 0 Å². The van der Waals surface area contributed by atoms with E-state index in [2.05, 4.69) is 0 Å². The summed E-state index contributed by atoms with van der Waals surface area (Å²) in [5.74, 6) is 1.16. The monoisotopic (exact) mass is 188 g/mol. The van der Waals surface area contributed by atoms with Gasteiger partial charge in [0.05, 0.1) is 5.56 Å². The van der Waals surface area contributed by atoms with E-state index in [4.69, 9.17) is 4.74 Å². The van der Waals surface area contributed by atoms with Crippen molar-refractivity contribution in [3.8, 4) is 0 Å². The third kappa shape index (κ3) is 1.07. The van der Waals surface area contributed by atoms with Crippen LogP contribution in [-0.2, 0) is 9.53 Å². The van der Waals surface area contributed by atoms with Gasteiger partial charge in [-0.25, -0.2) is 9.59 Å². The van der Waals surface area contributed by atoms with Gasteiger partial charge in [0.1, 0.15) is 0 Å². The van der Waals surface area contributed by atoms with Gasteiger partial charge in [0.25, 0.3) is 0 Å². The van der Waals surface area contributed by atoms with Crippen LogP contribution in [0.2, 0.25) is 0 Å². The van der Waals surface area contributed by atoms with Crippen molar-refractivity contribution < 1.29 is 14.3 Å². The predicted molar refractivity (Wildman–Crippen MR) is 50.4 cm³/mol. The lowest BCUT2D eigenvalue weighted by Crippen LogP contribution is -1.97. The third-order valence-electron chi connectivity index (χ3n) is 2.22. The van der Waals surface area contributed by atoms with E-state index in [-0.39, 0.29) is 5.76 Å². The zero-order valence-corrected chi connectivity index (χ0v) is 7.88. The Bertz CT molecular complexity index is 480. The molecule has 0 unspecified atom stereocenters. The molecule has 0 N–H and O–H groups in total. The lowest BCUT2D eigenvalue weighted by molar-refractivity contribution is 0.0716. The Morgan fingerprint density at radius 3 is 2.64 bits per heavy atom. The molecule has 1 aliphatic heterocycles. The normalized spacial score (nSPS) is 13.6. The van der Waals surface area contributed by atoms with Crippen molar-refractivity contribution >= 4 is 17.7 Å². The molecule has 3 nitrogen and oxygen atoms in total. The van der Waals surface area contributed by atoms with Crippen LogP contribution in [0.5, 0.6) is 0 Å². The highest BCUT2D eigenvalue weighted by atomic mass is 16.5. The van der Waals surface area contributed by atoms with Crippen molar-refractivity contribution in [3.05, 3.63) is 34.4 Å². The summed E-state index contributed by atoms with van der Waals surface area (Å²) in [5.41, 5.74) is 2.86. The molecule has 0 amide bonds. The molecular weight excluding hydrogens is 180 g/mol. The standard InChI is InChI=1S/C11H8O3/c1-6-3-7(2)10-8(4-6)9(5-12)14-11(10)13/h3-4H,1-2H3. The number of fused-ring (bicyclic) bond motifs is 1. The summed E-state index contributed by atoms with van der Waals surface area (Å²) in [6, 6.07) is 3.64.